The lowest BCUT2D eigenvalue weighted by atomic mass is 10.0. The van der Waals surface area contributed by atoms with E-state index in [1.54, 1.807) is 0 Å². The highest BCUT2D eigenvalue weighted by molar-refractivity contribution is 5.70. The second-order valence-electron chi connectivity index (χ2n) is 4.02. The average Bonchev–Trinajstić information content (AvgIpc) is 2.24. The van der Waals surface area contributed by atoms with E-state index in [2.05, 4.69) is 18.5 Å². The van der Waals surface area contributed by atoms with Gasteiger partial charge in [-0.15, -0.1) is 13.2 Å². The van der Waals surface area contributed by atoms with Crippen molar-refractivity contribution >= 4 is 5.97 Å². The van der Waals surface area contributed by atoms with Crippen LogP contribution in [0.4, 0.5) is 0 Å². The molecule has 16 heavy (non-hydrogen) atoms. The Labute approximate surface area is 98.2 Å². The summed E-state index contributed by atoms with van der Waals surface area (Å²) in [6, 6.07) is 0. The third-order valence-electron chi connectivity index (χ3n) is 2.67. The Bertz CT molecular complexity index is 216. The SMILES string of the molecule is C=CCC(CC=C)CNCC(CC)C(=O)O. The van der Waals surface area contributed by atoms with Crippen LogP contribution in [-0.2, 0) is 4.79 Å². The highest BCUT2D eigenvalue weighted by Crippen LogP contribution is 2.09. The third-order valence-corrected chi connectivity index (χ3v) is 2.67. The Morgan fingerprint density at radius 2 is 1.88 bits per heavy atom. The highest BCUT2D eigenvalue weighted by Gasteiger charge is 2.14. The van der Waals surface area contributed by atoms with Crippen LogP contribution in [0.3, 0.4) is 0 Å². The van der Waals surface area contributed by atoms with Crippen LogP contribution in [0, 0.1) is 11.8 Å². The predicted molar refractivity (Wildman–Crippen MR) is 67.4 cm³/mol. The molecule has 0 spiro atoms. The molecule has 92 valence electrons. The van der Waals surface area contributed by atoms with Crippen molar-refractivity contribution < 1.29 is 9.90 Å². The molecule has 0 rings (SSSR count). The Hall–Kier alpha value is -1.09. The molecule has 0 fully saturated rings. The van der Waals surface area contributed by atoms with Crippen LogP contribution in [0.5, 0.6) is 0 Å². The van der Waals surface area contributed by atoms with Crippen molar-refractivity contribution in [1.82, 2.24) is 5.32 Å². The number of carboxylic acid groups (broad SMARTS) is 1. The smallest absolute Gasteiger partial charge is 0.307 e. The number of carboxylic acids is 1. The van der Waals surface area contributed by atoms with Crippen molar-refractivity contribution in [3.8, 4) is 0 Å². The van der Waals surface area contributed by atoms with Gasteiger partial charge >= 0.3 is 5.97 Å². The molecule has 0 amide bonds. The minimum atomic E-state index is -0.723. The maximum Gasteiger partial charge on any atom is 0.307 e. The first kappa shape index (κ1) is 14.9. The number of hydrogen-bond donors (Lipinski definition) is 2. The van der Waals surface area contributed by atoms with Crippen LogP contribution in [-0.4, -0.2) is 24.2 Å². The van der Waals surface area contributed by atoms with Gasteiger partial charge in [0.25, 0.3) is 0 Å². The maximum atomic E-state index is 10.8. The lowest BCUT2D eigenvalue weighted by molar-refractivity contribution is -0.141. The quantitative estimate of drug-likeness (QED) is 0.561. The van der Waals surface area contributed by atoms with Crippen molar-refractivity contribution in [3.63, 3.8) is 0 Å². The molecule has 1 unspecified atom stereocenters. The van der Waals surface area contributed by atoms with Gasteiger partial charge in [-0.05, 0) is 31.7 Å². The normalized spacial score (nSPS) is 12.4. The largest absolute Gasteiger partial charge is 0.481 e. The van der Waals surface area contributed by atoms with Crippen LogP contribution in [0.15, 0.2) is 25.3 Å². The first-order valence-electron chi connectivity index (χ1n) is 5.80. The summed E-state index contributed by atoms with van der Waals surface area (Å²) in [5.41, 5.74) is 0. The fraction of sp³-hybridized carbons (Fsp3) is 0.615. The van der Waals surface area contributed by atoms with E-state index in [9.17, 15) is 4.79 Å². The number of hydrogen-bond acceptors (Lipinski definition) is 2. The summed E-state index contributed by atoms with van der Waals surface area (Å²) in [7, 11) is 0. The second-order valence-corrected chi connectivity index (χ2v) is 4.02. The van der Waals surface area contributed by atoms with E-state index in [0.717, 1.165) is 19.4 Å². The molecule has 0 heterocycles. The summed E-state index contributed by atoms with van der Waals surface area (Å²) >= 11 is 0. The minimum Gasteiger partial charge on any atom is -0.481 e. The topological polar surface area (TPSA) is 49.3 Å². The van der Waals surface area contributed by atoms with Crippen LogP contribution in [0.1, 0.15) is 26.2 Å². The Kier molecular flexibility index (Phi) is 8.53. The Morgan fingerprint density at radius 1 is 1.31 bits per heavy atom. The molecule has 0 aromatic carbocycles. The number of rotatable bonds is 10. The minimum absolute atomic E-state index is 0.284. The van der Waals surface area contributed by atoms with Gasteiger partial charge in [-0.1, -0.05) is 19.1 Å². The first-order chi connectivity index (χ1) is 7.65. The molecule has 3 heteroatoms. The Morgan fingerprint density at radius 3 is 2.25 bits per heavy atom. The van der Waals surface area contributed by atoms with Crippen molar-refractivity contribution in [2.24, 2.45) is 11.8 Å². The van der Waals surface area contributed by atoms with E-state index >= 15 is 0 Å². The van der Waals surface area contributed by atoms with Crippen molar-refractivity contribution in [2.75, 3.05) is 13.1 Å². The molecule has 2 N–H and O–H groups in total. The molecule has 0 aliphatic rings. The number of nitrogens with one attached hydrogen (secondary N) is 1. The summed E-state index contributed by atoms with van der Waals surface area (Å²) in [5.74, 6) is -0.534. The van der Waals surface area contributed by atoms with Crippen molar-refractivity contribution in [3.05, 3.63) is 25.3 Å². The summed E-state index contributed by atoms with van der Waals surface area (Å²) in [4.78, 5) is 10.8. The maximum absolute atomic E-state index is 10.8. The average molecular weight is 225 g/mol. The zero-order chi connectivity index (χ0) is 12.4. The lowest BCUT2D eigenvalue weighted by Gasteiger charge is -2.16. The van der Waals surface area contributed by atoms with E-state index in [1.807, 2.05) is 19.1 Å². The van der Waals surface area contributed by atoms with E-state index in [4.69, 9.17) is 5.11 Å². The standard InChI is InChI=1S/C13H23NO2/c1-4-7-11(8-5-2)9-14-10-12(6-3)13(15)16/h4-5,11-12,14H,1-2,6-10H2,3H3,(H,15,16). The molecule has 0 aliphatic heterocycles. The molecule has 0 aromatic heterocycles. The summed E-state index contributed by atoms with van der Waals surface area (Å²) in [5, 5.41) is 12.1. The first-order valence-corrected chi connectivity index (χ1v) is 5.80. The van der Waals surface area contributed by atoms with E-state index in [0.29, 0.717) is 18.9 Å². The summed E-state index contributed by atoms with van der Waals surface area (Å²) < 4.78 is 0. The van der Waals surface area contributed by atoms with Gasteiger partial charge in [0.1, 0.15) is 0 Å². The zero-order valence-corrected chi connectivity index (χ0v) is 10.1. The van der Waals surface area contributed by atoms with Gasteiger partial charge in [-0.3, -0.25) is 4.79 Å². The van der Waals surface area contributed by atoms with Gasteiger partial charge in [0.2, 0.25) is 0 Å². The van der Waals surface area contributed by atoms with Gasteiger partial charge in [-0.25, -0.2) is 0 Å². The van der Waals surface area contributed by atoms with Gasteiger partial charge in [-0.2, -0.15) is 0 Å². The zero-order valence-electron chi connectivity index (χ0n) is 10.1. The molecular weight excluding hydrogens is 202 g/mol. The number of aliphatic carboxylic acids is 1. The highest BCUT2D eigenvalue weighted by atomic mass is 16.4. The van der Waals surface area contributed by atoms with Gasteiger partial charge in [0, 0.05) is 6.54 Å². The molecule has 0 radical (unpaired) electrons. The van der Waals surface area contributed by atoms with Gasteiger partial charge < -0.3 is 10.4 Å². The molecule has 0 aromatic rings. The van der Waals surface area contributed by atoms with Crippen molar-refractivity contribution in [2.45, 2.75) is 26.2 Å². The summed E-state index contributed by atoms with van der Waals surface area (Å²) in [6.07, 6.45) is 6.32. The fourth-order valence-electron chi connectivity index (χ4n) is 1.60. The predicted octanol–water partition coefficient (Wildman–Crippen LogP) is 2.46. The monoisotopic (exact) mass is 225 g/mol. The molecule has 0 saturated carbocycles. The summed E-state index contributed by atoms with van der Waals surface area (Å²) in [6.45, 7) is 10.7. The lowest BCUT2D eigenvalue weighted by Crippen LogP contribution is -2.31. The molecule has 0 bridgehead atoms. The Balaban J connectivity index is 3.86. The molecular formula is C13H23NO2. The number of carbonyl (C=O) groups is 1. The second kappa shape index (κ2) is 9.16. The van der Waals surface area contributed by atoms with Crippen molar-refractivity contribution in [1.29, 1.82) is 0 Å². The van der Waals surface area contributed by atoms with Crippen LogP contribution in [0.2, 0.25) is 0 Å². The molecule has 0 aliphatic carbocycles. The van der Waals surface area contributed by atoms with Crippen LogP contribution >= 0.6 is 0 Å². The third kappa shape index (κ3) is 6.40. The van der Waals surface area contributed by atoms with Gasteiger partial charge in [0.05, 0.1) is 5.92 Å². The van der Waals surface area contributed by atoms with E-state index < -0.39 is 5.97 Å². The number of allylic oxidation sites excluding steroid dienone is 2. The van der Waals surface area contributed by atoms with E-state index in [1.165, 1.54) is 0 Å². The van der Waals surface area contributed by atoms with Crippen LogP contribution in [0.25, 0.3) is 0 Å². The van der Waals surface area contributed by atoms with Crippen LogP contribution < -0.4 is 5.32 Å². The molecule has 3 nitrogen and oxygen atoms in total. The molecule has 0 saturated heterocycles. The van der Waals surface area contributed by atoms with E-state index in [-0.39, 0.29) is 5.92 Å². The molecule has 1 atom stereocenters. The van der Waals surface area contributed by atoms with Gasteiger partial charge in [0.15, 0.2) is 0 Å². The fourth-order valence-corrected chi connectivity index (χ4v) is 1.60.